The maximum Gasteiger partial charge on any atom is 0.264 e. The number of benzene rings is 5. The summed E-state index contributed by atoms with van der Waals surface area (Å²) in [5.41, 5.74) is 5.83. The first kappa shape index (κ1) is 34.8. The van der Waals surface area contributed by atoms with Crippen LogP contribution in [0.25, 0.3) is 33.5 Å². The summed E-state index contributed by atoms with van der Waals surface area (Å²) in [7, 11) is -3.97. The van der Waals surface area contributed by atoms with Crippen LogP contribution >= 0.6 is 11.8 Å². The standard InChI is InChI=1S/C42H35N3O6S2/c46-26-28-19-21-29(22-20-28)36-25-35(27-52-42-44-39(31-10-3-1-4-11-31)40(51-42)32-12-5-2-6-13-32)49-41(50-36)33-15-7-17-34(24-33)45-53(47,48)37-18-8-14-30-16-9-23-43-38(30)37/h1-24,35-36,41,45-46H,25-27H2. The van der Waals surface area contributed by atoms with Crippen LogP contribution in [0.4, 0.5) is 5.69 Å². The van der Waals surface area contributed by atoms with Crippen molar-refractivity contribution >= 4 is 38.4 Å². The molecule has 266 valence electrons. The second kappa shape index (κ2) is 15.4. The molecule has 2 aromatic heterocycles. The van der Waals surface area contributed by atoms with Crippen LogP contribution in [0, 0.1) is 0 Å². The summed E-state index contributed by atoms with van der Waals surface area (Å²) >= 11 is 1.47. The van der Waals surface area contributed by atoms with E-state index < -0.39 is 16.3 Å². The molecule has 9 nitrogen and oxygen atoms in total. The third kappa shape index (κ3) is 7.75. The number of nitrogens with zero attached hydrogens (tertiary/aromatic N) is 2. The molecule has 0 bridgehead atoms. The Morgan fingerprint density at radius 1 is 0.774 bits per heavy atom. The van der Waals surface area contributed by atoms with Gasteiger partial charge < -0.3 is 19.0 Å². The molecule has 1 fully saturated rings. The molecule has 3 heterocycles. The van der Waals surface area contributed by atoms with Crippen LogP contribution in [0.3, 0.4) is 0 Å². The molecular formula is C42H35N3O6S2. The lowest BCUT2D eigenvalue weighted by Crippen LogP contribution is -2.31. The van der Waals surface area contributed by atoms with Crippen molar-refractivity contribution < 1.29 is 27.4 Å². The molecule has 53 heavy (non-hydrogen) atoms. The van der Waals surface area contributed by atoms with Gasteiger partial charge in [0, 0.05) is 46.1 Å². The van der Waals surface area contributed by atoms with E-state index in [9.17, 15) is 13.5 Å². The number of fused-ring (bicyclic) bond motifs is 1. The Balaban J connectivity index is 1.06. The van der Waals surface area contributed by atoms with E-state index in [1.54, 1.807) is 42.6 Å². The average molecular weight is 742 g/mol. The average Bonchev–Trinajstić information content (AvgIpc) is 3.65. The van der Waals surface area contributed by atoms with Gasteiger partial charge in [0.05, 0.1) is 24.3 Å². The molecule has 3 atom stereocenters. The summed E-state index contributed by atoms with van der Waals surface area (Å²) in [6.45, 7) is -0.0551. The number of oxazole rings is 1. The Bertz CT molecular complexity index is 2380. The number of pyridine rings is 1. The number of thioether (sulfide) groups is 1. The van der Waals surface area contributed by atoms with Gasteiger partial charge in [-0.15, -0.1) is 0 Å². The second-order valence-corrected chi connectivity index (χ2v) is 15.2. The van der Waals surface area contributed by atoms with Gasteiger partial charge in [-0.3, -0.25) is 9.71 Å². The summed E-state index contributed by atoms with van der Waals surface area (Å²) in [6.07, 6.45) is 0.716. The molecule has 5 aromatic carbocycles. The van der Waals surface area contributed by atoms with E-state index in [1.165, 1.54) is 11.8 Å². The fourth-order valence-corrected chi connectivity index (χ4v) is 8.45. The Morgan fingerprint density at radius 2 is 1.51 bits per heavy atom. The third-order valence-corrected chi connectivity index (χ3v) is 11.4. The molecule has 2 N–H and O–H groups in total. The number of anilines is 1. The zero-order valence-electron chi connectivity index (χ0n) is 28.4. The summed E-state index contributed by atoms with van der Waals surface area (Å²) < 4.78 is 49.5. The smallest absolute Gasteiger partial charge is 0.264 e. The molecule has 0 radical (unpaired) electrons. The van der Waals surface area contributed by atoms with Crippen molar-refractivity contribution in [1.82, 2.24) is 9.97 Å². The first-order valence-corrected chi connectivity index (χ1v) is 19.6. The highest BCUT2D eigenvalue weighted by molar-refractivity contribution is 7.99. The highest BCUT2D eigenvalue weighted by atomic mass is 32.2. The number of para-hydroxylation sites is 1. The van der Waals surface area contributed by atoms with Crippen molar-refractivity contribution in [1.29, 1.82) is 0 Å². The molecule has 0 spiro atoms. The second-order valence-electron chi connectivity index (χ2n) is 12.6. The number of aliphatic hydroxyl groups is 1. The minimum absolute atomic E-state index is 0.0551. The third-order valence-electron chi connectivity index (χ3n) is 8.99. The molecule has 8 rings (SSSR count). The molecule has 1 aliphatic heterocycles. The maximum absolute atomic E-state index is 13.6. The van der Waals surface area contributed by atoms with Gasteiger partial charge in [0.25, 0.3) is 15.2 Å². The number of ether oxygens (including phenoxy) is 2. The zero-order valence-corrected chi connectivity index (χ0v) is 30.0. The van der Waals surface area contributed by atoms with E-state index >= 15 is 0 Å². The monoisotopic (exact) mass is 741 g/mol. The van der Waals surface area contributed by atoms with Crippen molar-refractivity contribution in [2.45, 2.75) is 41.6 Å². The predicted octanol–water partition coefficient (Wildman–Crippen LogP) is 9.19. The quantitative estimate of drug-likeness (QED) is 0.125. The topological polar surface area (TPSA) is 124 Å². The molecule has 0 aliphatic carbocycles. The maximum atomic E-state index is 13.6. The van der Waals surface area contributed by atoms with Crippen molar-refractivity contribution in [2.75, 3.05) is 10.5 Å². The van der Waals surface area contributed by atoms with Crippen LogP contribution in [0.15, 0.2) is 160 Å². The van der Waals surface area contributed by atoms with Gasteiger partial charge in [0.15, 0.2) is 12.1 Å². The Labute approximate surface area is 311 Å². The predicted molar refractivity (Wildman–Crippen MR) is 206 cm³/mol. The van der Waals surface area contributed by atoms with Crippen molar-refractivity contribution in [3.05, 3.63) is 162 Å². The van der Waals surface area contributed by atoms with Gasteiger partial charge in [-0.05, 0) is 35.4 Å². The largest absolute Gasteiger partial charge is 0.431 e. The van der Waals surface area contributed by atoms with Gasteiger partial charge in [-0.25, -0.2) is 13.4 Å². The van der Waals surface area contributed by atoms with Crippen LogP contribution in [0.1, 0.15) is 35.5 Å². The van der Waals surface area contributed by atoms with Crippen molar-refractivity contribution in [3.63, 3.8) is 0 Å². The summed E-state index contributed by atoms with van der Waals surface area (Å²) in [6, 6.07) is 43.3. The number of hydrogen-bond donors (Lipinski definition) is 2. The normalized spacial score (nSPS) is 17.5. The van der Waals surface area contributed by atoms with E-state index in [4.69, 9.17) is 18.9 Å². The van der Waals surface area contributed by atoms with Gasteiger partial charge in [0.1, 0.15) is 10.6 Å². The van der Waals surface area contributed by atoms with Gasteiger partial charge in [-0.2, -0.15) is 0 Å². The van der Waals surface area contributed by atoms with Gasteiger partial charge >= 0.3 is 0 Å². The molecule has 0 saturated carbocycles. The zero-order chi connectivity index (χ0) is 36.2. The molecular weight excluding hydrogens is 707 g/mol. The molecule has 1 saturated heterocycles. The van der Waals surface area contributed by atoms with Crippen molar-refractivity contribution in [2.24, 2.45) is 0 Å². The number of sulfonamides is 1. The van der Waals surface area contributed by atoms with Crippen LogP contribution < -0.4 is 4.72 Å². The molecule has 11 heteroatoms. The van der Waals surface area contributed by atoms with Gasteiger partial charge in [0.2, 0.25) is 0 Å². The molecule has 7 aromatic rings. The Kier molecular flexibility index (Phi) is 10.1. The van der Waals surface area contributed by atoms with Crippen molar-refractivity contribution in [3.8, 4) is 22.6 Å². The number of nitrogens with one attached hydrogen (secondary N) is 1. The first-order valence-electron chi connectivity index (χ1n) is 17.1. The highest BCUT2D eigenvalue weighted by Gasteiger charge is 2.33. The van der Waals surface area contributed by atoms with E-state index in [0.717, 1.165) is 33.3 Å². The summed E-state index contributed by atoms with van der Waals surface area (Å²) in [5.74, 6) is 1.22. The fourth-order valence-electron chi connectivity index (χ4n) is 6.38. The Hall–Kier alpha value is -5.30. The minimum atomic E-state index is -3.97. The number of hydrogen-bond acceptors (Lipinski definition) is 9. The highest BCUT2D eigenvalue weighted by Crippen LogP contribution is 2.41. The number of aromatic nitrogens is 2. The first-order chi connectivity index (χ1) is 25.9. The molecule has 3 unspecified atom stereocenters. The lowest BCUT2D eigenvalue weighted by molar-refractivity contribution is -0.245. The lowest BCUT2D eigenvalue weighted by atomic mass is 10.0. The molecule has 1 aliphatic rings. The fraction of sp³-hybridized carbons (Fsp3) is 0.143. The van der Waals surface area contributed by atoms with Crippen LogP contribution in [-0.2, 0) is 26.1 Å². The summed E-state index contributed by atoms with van der Waals surface area (Å²) in [5, 5.41) is 10.9. The Morgan fingerprint density at radius 3 is 2.28 bits per heavy atom. The van der Waals surface area contributed by atoms with Crippen LogP contribution in [0.2, 0.25) is 0 Å². The lowest BCUT2D eigenvalue weighted by Gasteiger charge is -2.36. The van der Waals surface area contributed by atoms with E-state index in [0.29, 0.717) is 39.9 Å². The van der Waals surface area contributed by atoms with E-state index in [1.807, 2.05) is 103 Å². The molecule has 0 amide bonds. The van der Waals surface area contributed by atoms with Crippen LogP contribution in [0.5, 0.6) is 0 Å². The number of rotatable bonds is 11. The van der Waals surface area contributed by atoms with Gasteiger partial charge in [-0.1, -0.05) is 127 Å². The van der Waals surface area contributed by atoms with E-state index in [2.05, 4.69) is 9.71 Å². The van der Waals surface area contributed by atoms with Crippen LogP contribution in [-0.4, -0.2) is 35.3 Å². The number of aliphatic hydroxyl groups excluding tert-OH is 1. The summed E-state index contributed by atoms with van der Waals surface area (Å²) in [4.78, 5) is 9.34. The SMILES string of the molecule is O=S(=O)(Nc1cccc(C2OC(CSc3nc(-c4ccccc4)c(-c4ccccc4)o3)CC(c3ccc(CO)cc3)O2)c1)c1cccc2cccnc12. The van der Waals surface area contributed by atoms with E-state index in [-0.39, 0.29) is 23.7 Å². The minimum Gasteiger partial charge on any atom is -0.431 e.